The van der Waals surface area contributed by atoms with E-state index < -0.39 is 0 Å². The van der Waals surface area contributed by atoms with E-state index >= 15 is 0 Å². The molecule has 36 heavy (non-hydrogen) atoms. The van der Waals surface area contributed by atoms with E-state index in [-0.39, 0.29) is 41.5 Å². The quantitative estimate of drug-likeness (QED) is 0.655. The summed E-state index contributed by atoms with van der Waals surface area (Å²) >= 11 is 1.84. The molecule has 196 valence electrons. The van der Waals surface area contributed by atoms with Gasteiger partial charge in [-0.2, -0.15) is 0 Å². The third-order valence-corrected chi connectivity index (χ3v) is 10.9. The van der Waals surface area contributed by atoms with E-state index in [2.05, 4.69) is 17.1 Å². The Bertz CT molecular complexity index is 1090. The number of amides is 1. The Hall–Kier alpha value is -1.50. The van der Waals surface area contributed by atoms with Gasteiger partial charge >= 0.3 is 0 Å². The van der Waals surface area contributed by atoms with Crippen LogP contribution in [-0.2, 0) is 16.6 Å². The highest BCUT2D eigenvalue weighted by atomic mass is 35.5. The van der Waals surface area contributed by atoms with Crippen LogP contribution in [0.4, 0.5) is 4.39 Å². The predicted octanol–water partition coefficient (Wildman–Crippen LogP) is 1.72. The second kappa shape index (κ2) is 10.7. The fourth-order valence-corrected chi connectivity index (χ4v) is 9.23. The minimum Gasteiger partial charge on any atom is -1.00 e. The van der Waals surface area contributed by atoms with Gasteiger partial charge in [0.05, 0.1) is 29.2 Å². The van der Waals surface area contributed by atoms with Crippen molar-refractivity contribution in [3.05, 3.63) is 51.2 Å². The van der Waals surface area contributed by atoms with Gasteiger partial charge in [-0.25, -0.2) is 9.37 Å². The summed E-state index contributed by atoms with van der Waals surface area (Å²) in [4.78, 5) is 23.0. The number of piperidine rings is 1. The van der Waals surface area contributed by atoms with E-state index in [4.69, 9.17) is 4.98 Å². The molecule has 1 aromatic carbocycles. The fourth-order valence-electron chi connectivity index (χ4n) is 7.98. The van der Waals surface area contributed by atoms with E-state index in [1.165, 1.54) is 42.7 Å². The molecule has 4 aliphatic rings. The first-order chi connectivity index (χ1) is 17.1. The lowest BCUT2D eigenvalue weighted by Crippen LogP contribution is -3.00. The number of halogens is 2. The molecule has 2 saturated heterocycles. The van der Waals surface area contributed by atoms with Gasteiger partial charge < -0.3 is 22.6 Å². The molecule has 3 heterocycles. The molecule has 2 aromatic rings. The van der Waals surface area contributed by atoms with Crippen molar-refractivity contribution in [2.24, 2.45) is 11.8 Å². The summed E-state index contributed by atoms with van der Waals surface area (Å²) in [5, 5.41) is 3.52. The summed E-state index contributed by atoms with van der Waals surface area (Å²) in [6.45, 7) is 4.77. The Balaban J connectivity index is 0.00000267. The molecule has 6 rings (SSSR count). The highest BCUT2D eigenvalue weighted by molar-refractivity contribution is 7.11. The summed E-state index contributed by atoms with van der Waals surface area (Å²) in [6, 6.07) is 7.54. The number of carbonyl (C=O) groups excluding carboxylic acids is 1. The van der Waals surface area contributed by atoms with Crippen LogP contribution in [0.5, 0.6) is 0 Å². The van der Waals surface area contributed by atoms with Crippen LogP contribution in [0, 0.1) is 24.6 Å². The van der Waals surface area contributed by atoms with Gasteiger partial charge in [0.15, 0.2) is 0 Å². The van der Waals surface area contributed by atoms with E-state index in [1.807, 2.05) is 23.5 Å². The van der Waals surface area contributed by atoms with Crippen LogP contribution in [0.3, 0.4) is 0 Å². The molecule has 0 radical (unpaired) electrons. The topological polar surface area (TPSA) is 49.8 Å². The molecular weight excluding hydrogens is 493 g/mol. The number of aromatic nitrogens is 1. The van der Waals surface area contributed by atoms with Crippen molar-refractivity contribution >= 4 is 17.2 Å². The largest absolute Gasteiger partial charge is 1.00 e. The average Bonchev–Trinajstić information content (AvgIpc) is 3.48. The molecule has 0 bridgehead atoms. The number of carbonyl (C=O) groups is 1. The maximum atomic E-state index is 14.7. The molecule has 7 heteroatoms. The zero-order chi connectivity index (χ0) is 24.0. The molecule has 1 aromatic heterocycles. The first kappa shape index (κ1) is 26.1. The summed E-state index contributed by atoms with van der Waals surface area (Å²) in [7, 11) is 0. The van der Waals surface area contributed by atoms with Crippen molar-refractivity contribution < 1.29 is 26.9 Å². The van der Waals surface area contributed by atoms with Gasteiger partial charge in [0.2, 0.25) is 5.91 Å². The fraction of sp³-hybridized carbons (Fsp3) is 0.655. The first-order valence-electron chi connectivity index (χ1n) is 13.9. The summed E-state index contributed by atoms with van der Waals surface area (Å²) in [5.74, 6) is 1.09. The molecule has 1 saturated carbocycles. The number of rotatable bonds is 3. The van der Waals surface area contributed by atoms with Gasteiger partial charge in [-0.1, -0.05) is 37.5 Å². The maximum absolute atomic E-state index is 14.7. The Morgan fingerprint density at radius 2 is 1.97 bits per heavy atom. The van der Waals surface area contributed by atoms with Crippen molar-refractivity contribution in [2.45, 2.75) is 88.5 Å². The van der Waals surface area contributed by atoms with E-state index in [0.717, 1.165) is 62.3 Å². The Kier molecular flexibility index (Phi) is 7.77. The second-order valence-corrected chi connectivity index (χ2v) is 12.7. The highest BCUT2D eigenvalue weighted by Crippen LogP contribution is 2.48. The molecule has 4 atom stereocenters. The Labute approximate surface area is 224 Å². The Morgan fingerprint density at radius 3 is 2.78 bits per heavy atom. The van der Waals surface area contributed by atoms with Crippen LogP contribution in [0.25, 0.3) is 0 Å². The monoisotopic (exact) mass is 531 g/mol. The molecule has 2 aliphatic heterocycles. The van der Waals surface area contributed by atoms with E-state index in [9.17, 15) is 9.18 Å². The first-order valence-corrected chi connectivity index (χ1v) is 14.7. The number of hydrogen-bond donors (Lipinski definition) is 1. The molecule has 1 amide bonds. The normalized spacial score (nSPS) is 30.7. The van der Waals surface area contributed by atoms with Gasteiger partial charge in [0.25, 0.3) is 0 Å². The van der Waals surface area contributed by atoms with Gasteiger partial charge in [-0.3, -0.25) is 4.79 Å². The molecule has 4 nitrogen and oxygen atoms in total. The second-order valence-electron chi connectivity index (χ2n) is 11.5. The highest BCUT2D eigenvalue weighted by Gasteiger charge is 2.56. The van der Waals surface area contributed by atoms with Crippen LogP contribution in [-0.4, -0.2) is 41.5 Å². The lowest BCUT2D eigenvalue weighted by Gasteiger charge is -2.47. The molecule has 3 fully saturated rings. The van der Waals surface area contributed by atoms with Crippen molar-refractivity contribution in [3.63, 3.8) is 0 Å². The van der Waals surface area contributed by atoms with Crippen LogP contribution in [0.15, 0.2) is 24.3 Å². The minimum absolute atomic E-state index is 0. The number of quaternary nitrogens is 1. The summed E-state index contributed by atoms with van der Waals surface area (Å²) in [5.41, 5.74) is 2.06. The molecule has 0 unspecified atom stereocenters. The molecule has 1 spiro atoms. The number of likely N-dealkylation sites (tertiary alicyclic amines) is 1. The van der Waals surface area contributed by atoms with E-state index in [1.54, 1.807) is 12.1 Å². The smallest absolute Gasteiger partial charge is 0.232 e. The number of hydrogen-bond acceptors (Lipinski definition) is 3. The summed E-state index contributed by atoms with van der Waals surface area (Å²) in [6.07, 6.45) is 11.3. The van der Waals surface area contributed by atoms with Gasteiger partial charge in [0, 0.05) is 17.5 Å². The SMILES string of the molecule is Cc1nc2c(s1)[C@]1(CCC2)C[NH2+]C[C@H]1C(=O)N1CC[C@@H](c2ccccc2F)C[C@H]1C1CCCCC1.[Cl-]. The lowest BCUT2D eigenvalue weighted by atomic mass is 9.68. The lowest BCUT2D eigenvalue weighted by molar-refractivity contribution is -0.640. The predicted molar refractivity (Wildman–Crippen MR) is 137 cm³/mol. The number of benzene rings is 1. The van der Waals surface area contributed by atoms with Gasteiger partial charge in [-0.15, -0.1) is 11.3 Å². The Morgan fingerprint density at radius 1 is 1.17 bits per heavy atom. The average molecular weight is 532 g/mol. The minimum atomic E-state index is -0.0840. The third-order valence-electron chi connectivity index (χ3n) is 9.64. The molecule has 2 N–H and O–H groups in total. The van der Waals surface area contributed by atoms with Crippen LogP contribution < -0.4 is 17.7 Å². The van der Waals surface area contributed by atoms with Gasteiger partial charge in [-0.05, 0) is 75.3 Å². The number of fused-ring (bicyclic) bond motifs is 2. The van der Waals surface area contributed by atoms with Crippen molar-refractivity contribution in [1.82, 2.24) is 9.88 Å². The number of nitrogens with zero attached hydrogens (tertiary/aromatic N) is 2. The van der Waals surface area contributed by atoms with Crippen LogP contribution in [0.1, 0.15) is 84.8 Å². The zero-order valence-electron chi connectivity index (χ0n) is 21.4. The standard InChI is InChI=1S/C29H38FN3OS.ClH/c1-19-32-25-12-7-14-29(27(25)35-19)18-31-17-23(29)28(34)33-15-13-21(22-10-5-6-11-24(22)30)16-26(33)20-8-3-2-4-9-20;/h5-6,10-11,20-21,23,26,31H,2-4,7-9,12-18H2,1H3;1H/t21-,23+,26+,29-;/m1./s1. The van der Waals surface area contributed by atoms with Crippen molar-refractivity contribution in [2.75, 3.05) is 19.6 Å². The third kappa shape index (κ3) is 4.52. The number of nitrogens with two attached hydrogens (primary N) is 1. The van der Waals surface area contributed by atoms with E-state index in [0.29, 0.717) is 11.8 Å². The maximum Gasteiger partial charge on any atom is 0.232 e. The van der Waals surface area contributed by atoms with Gasteiger partial charge in [0.1, 0.15) is 11.7 Å². The number of aryl methyl sites for hydroxylation is 2. The summed E-state index contributed by atoms with van der Waals surface area (Å²) < 4.78 is 14.7. The number of thiazole rings is 1. The zero-order valence-corrected chi connectivity index (χ0v) is 22.9. The van der Waals surface area contributed by atoms with Crippen molar-refractivity contribution in [1.29, 1.82) is 0 Å². The molecular formula is C29H39ClFN3OS. The molecule has 2 aliphatic carbocycles. The van der Waals surface area contributed by atoms with Crippen LogP contribution in [0.2, 0.25) is 0 Å². The van der Waals surface area contributed by atoms with Crippen molar-refractivity contribution in [3.8, 4) is 0 Å². The van der Waals surface area contributed by atoms with Crippen LogP contribution >= 0.6 is 11.3 Å².